The molecule has 3 heterocycles. The number of rotatable bonds is 7. The average molecular weight is 746 g/mol. The molecule has 3 aliphatic heterocycles. The standard InChI is InChI=1S/C35H39F12N3O/c36-32(37,38)25-17-23(18-26(20-25)33(39,40)41)19-30(51)50-13-4-9-31(22-50,24-5-6-28(34(42,43)44)29(21-24)35(45,46)47)10-16-48-14-7-27(8-15-48)49-11-2-1-3-12-49/h5-6,17-18,20-21,27H,1-4,7-16,19,22H2. The fourth-order valence-electron chi connectivity index (χ4n) is 7.86. The Balaban J connectivity index is 1.42. The first-order chi connectivity index (χ1) is 23.7. The molecule has 16 heteroatoms. The van der Waals surface area contributed by atoms with Crippen molar-refractivity contribution >= 4 is 5.91 Å². The number of carbonyl (C=O) groups is 1. The second-order valence-electron chi connectivity index (χ2n) is 14.0. The van der Waals surface area contributed by atoms with Crippen molar-refractivity contribution in [3.63, 3.8) is 0 Å². The number of halogens is 12. The van der Waals surface area contributed by atoms with Gasteiger partial charge in [-0.2, -0.15) is 52.7 Å². The molecule has 0 aromatic heterocycles. The van der Waals surface area contributed by atoms with Crippen LogP contribution < -0.4 is 0 Å². The first kappa shape index (κ1) is 39.2. The van der Waals surface area contributed by atoms with Gasteiger partial charge in [-0.15, -0.1) is 0 Å². The van der Waals surface area contributed by atoms with Crippen molar-refractivity contribution in [1.29, 1.82) is 0 Å². The van der Waals surface area contributed by atoms with Gasteiger partial charge in [-0.1, -0.05) is 12.5 Å². The van der Waals surface area contributed by atoms with Gasteiger partial charge in [0.1, 0.15) is 0 Å². The van der Waals surface area contributed by atoms with Crippen molar-refractivity contribution in [2.24, 2.45) is 0 Å². The third kappa shape index (κ3) is 9.51. The molecule has 0 radical (unpaired) electrons. The predicted molar refractivity (Wildman–Crippen MR) is 164 cm³/mol. The number of likely N-dealkylation sites (tertiary alicyclic amines) is 3. The largest absolute Gasteiger partial charge is 0.417 e. The van der Waals surface area contributed by atoms with Crippen LogP contribution in [0.3, 0.4) is 0 Å². The van der Waals surface area contributed by atoms with E-state index < -0.39 is 70.3 Å². The minimum atomic E-state index is -5.36. The molecule has 3 saturated heterocycles. The summed E-state index contributed by atoms with van der Waals surface area (Å²) in [6, 6.07) is 3.08. The molecule has 1 atom stereocenters. The Kier molecular flexibility index (Phi) is 11.4. The van der Waals surface area contributed by atoms with Crippen molar-refractivity contribution in [1.82, 2.24) is 14.7 Å². The van der Waals surface area contributed by atoms with Gasteiger partial charge in [0.05, 0.1) is 28.7 Å². The maximum atomic E-state index is 14.1. The third-order valence-corrected chi connectivity index (χ3v) is 10.5. The number of carbonyl (C=O) groups excluding carboxylic acids is 1. The van der Waals surface area contributed by atoms with Gasteiger partial charge in [0.2, 0.25) is 5.91 Å². The number of alkyl halides is 12. The summed E-state index contributed by atoms with van der Waals surface area (Å²) in [5.74, 6) is -0.850. The Bertz CT molecular complexity index is 1490. The Morgan fingerprint density at radius 1 is 0.667 bits per heavy atom. The van der Waals surface area contributed by atoms with E-state index in [9.17, 15) is 57.5 Å². The zero-order valence-corrected chi connectivity index (χ0v) is 27.6. The molecule has 0 N–H and O–H groups in total. The summed E-state index contributed by atoms with van der Waals surface area (Å²) in [7, 11) is 0. The summed E-state index contributed by atoms with van der Waals surface area (Å²) < 4.78 is 164. The van der Waals surface area contributed by atoms with Gasteiger partial charge in [-0.3, -0.25) is 4.79 Å². The first-order valence-corrected chi connectivity index (χ1v) is 17.0. The molecule has 0 saturated carbocycles. The van der Waals surface area contributed by atoms with Crippen LogP contribution in [0.2, 0.25) is 0 Å². The van der Waals surface area contributed by atoms with Crippen molar-refractivity contribution in [3.8, 4) is 0 Å². The molecular weight excluding hydrogens is 706 g/mol. The zero-order valence-electron chi connectivity index (χ0n) is 27.6. The van der Waals surface area contributed by atoms with Gasteiger partial charge in [0.25, 0.3) is 0 Å². The Morgan fingerprint density at radius 2 is 1.25 bits per heavy atom. The second kappa shape index (κ2) is 14.8. The number of amides is 1. The van der Waals surface area contributed by atoms with Crippen LogP contribution in [0.15, 0.2) is 36.4 Å². The Morgan fingerprint density at radius 3 is 1.80 bits per heavy atom. The van der Waals surface area contributed by atoms with Gasteiger partial charge >= 0.3 is 24.7 Å². The third-order valence-electron chi connectivity index (χ3n) is 10.5. The van der Waals surface area contributed by atoms with E-state index >= 15 is 0 Å². The fourth-order valence-corrected chi connectivity index (χ4v) is 7.86. The minimum Gasteiger partial charge on any atom is -0.342 e. The van der Waals surface area contributed by atoms with Crippen LogP contribution in [0, 0.1) is 0 Å². The summed E-state index contributed by atoms with van der Waals surface area (Å²) in [4.78, 5) is 19.3. The molecule has 0 bridgehead atoms. The molecule has 2 aromatic carbocycles. The molecule has 0 aliphatic carbocycles. The quantitative estimate of drug-likeness (QED) is 0.265. The molecule has 3 fully saturated rings. The van der Waals surface area contributed by atoms with Crippen molar-refractivity contribution in [2.75, 3.05) is 45.8 Å². The molecule has 5 rings (SSSR count). The highest BCUT2D eigenvalue weighted by molar-refractivity contribution is 5.79. The summed E-state index contributed by atoms with van der Waals surface area (Å²) in [6.45, 7) is 3.52. The molecule has 4 nitrogen and oxygen atoms in total. The lowest BCUT2D eigenvalue weighted by molar-refractivity contribution is -0.162. The maximum absolute atomic E-state index is 14.1. The van der Waals surface area contributed by atoms with Gasteiger partial charge < -0.3 is 14.7 Å². The van der Waals surface area contributed by atoms with Crippen LogP contribution >= 0.6 is 0 Å². The van der Waals surface area contributed by atoms with Crippen LogP contribution in [0.1, 0.15) is 84.7 Å². The summed E-state index contributed by atoms with van der Waals surface area (Å²) >= 11 is 0. The number of nitrogens with zero attached hydrogens (tertiary/aromatic N) is 3. The molecule has 1 unspecified atom stereocenters. The van der Waals surface area contributed by atoms with Crippen LogP contribution in [-0.4, -0.2) is 72.5 Å². The highest BCUT2D eigenvalue weighted by atomic mass is 19.4. The lowest BCUT2D eigenvalue weighted by Crippen LogP contribution is -2.51. The van der Waals surface area contributed by atoms with E-state index in [0.29, 0.717) is 49.9 Å². The number of hydrogen-bond acceptors (Lipinski definition) is 3. The second-order valence-corrected chi connectivity index (χ2v) is 14.0. The van der Waals surface area contributed by atoms with Crippen LogP contribution in [0.25, 0.3) is 0 Å². The smallest absolute Gasteiger partial charge is 0.342 e. The fraction of sp³-hybridized carbons (Fsp3) is 0.629. The molecule has 1 amide bonds. The Labute approximate surface area is 287 Å². The summed E-state index contributed by atoms with van der Waals surface area (Å²) in [5.41, 5.74) is -8.81. The molecule has 0 spiro atoms. The highest BCUT2D eigenvalue weighted by Crippen LogP contribution is 2.45. The van der Waals surface area contributed by atoms with Crippen LogP contribution in [0.5, 0.6) is 0 Å². The lowest BCUT2D eigenvalue weighted by Gasteiger charge is -2.46. The van der Waals surface area contributed by atoms with Crippen molar-refractivity contribution in [2.45, 2.75) is 93.9 Å². The van der Waals surface area contributed by atoms with Crippen LogP contribution in [-0.2, 0) is 41.3 Å². The normalized spacial score (nSPS) is 22.4. The van der Waals surface area contributed by atoms with Crippen molar-refractivity contribution < 1.29 is 57.5 Å². The molecular formula is C35H39F12N3O. The maximum Gasteiger partial charge on any atom is 0.417 e. The molecule has 51 heavy (non-hydrogen) atoms. The number of piperidine rings is 3. The van der Waals surface area contributed by atoms with E-state index in [2.05, 4.69) is 9.80 Å². The van der Waals surface area contributed by atoms with Crippen LogP contribution in [0.4, 0.5) is 52.7 Å². The SMILES string of the molecule is O=C(Cc1cc(C(F)(F)F)cc(C(F)(F)F)c1)N1CCCC(CCN2CCC(N3CCCCC3)CC2)(c2ccc(C(F)(F)F)c(C(F)(F)F)c2)C1. The summed E-state index contributed by atoms with van der Waals surface area (Å²) in [5, 5.41) is 0. The lowest BCUT2D eigenvalue weighted by atomic mass is 9.70. The number of hydrogen-bond donors (Lipinski definition) is 0. The molecule has 284 valence electrons. The van der Waals surface area contributed by atoms with Crippen molar-refractivity contribution in [3.05, 3.63) is 69.8 Å². The highest BCUT2D eigenvalue weighted by Gasteiger charge is 2.46. The van der Waals surface area contributed by atoms with E-state index in [1.54, 1.807) is 0 Å². The van der Waals surface area contributed by atoms with E-state index in [1.807, 2.05) is 0 Å². The predicted octanol–water partition coefficient (Wildman–Crippen LogP) is 9.21. The Hall–Kier alpha value is -3.01. The van der Waals surface area contributed by atoms with E-state index in [1.165, 1.54) is 11.3 Å². The van der Waals surface area contributed by atoms with E-state index in [-0.39, 0.29) is 44.0 Å². The van der Waals surface area contributed by atoms with Gasteiger partial charge in [-0.25, -0.2) is 0 Å². The van der Waals surface area contributed by atoms with Gasteiger partial charge in [0, 0.05) is 24.5 Å². The topological polar surface area (TPSA) is 26.8 Å². The molecule has 3 aliphatic rings. The minimum absolute atomic E-state index is 0.0136. The molecule has 2 aromatic rings. The van der Waals surface area contributed by atoms with E-state index in [4.69, 9.17) is 0 Å². The monoisotopic (exact) mass is 745 g/mol. The summed E-state index contributed by atoms with van der Waals surface area (Å²) in [6.07, 6.45) is -16.1. The zero-order chi connectivity index (χ0) is 37.4. The first-order valence-electron chi connectivity index (χ1n) is 17.0. The van der Waals surface area contributed by atoms with Gasteiger partial charge in [0.15, 0.2) is 0 Å². The average Bonchev–Trinajstić information content (AvgIpc) is 3.06. The van der Waals surface area contributed by atoms with Gasteiger partial charge in [-0.05, 0) is 119 Å². The number of benzene rings is 2. The van der Waals surface area contributed by atoms with E-state index in [0.717, 1.165) is 44.8 Å².